The number of carbonyl (C=O) groups is 1. The number of rotatable bonds is 9. The van der Waals surface area contributed by atoms with Crippen LogP contribution < -0.4 is 25.4 Å². The van der Waals surface area contributed by atoms with Crippen LogP contribution in [0.2, 0.25) is 0 Å². The zero-order chi connectivity index (χ0) is 21.9. The Morgan fingerprint density at radius 1 is 1.03 bits per heavy atom. The molecule has 7 nitrogen and oxygen atoms in total. The van der Waals surface area contributed by atoms with E-state index in [1.807, 2.05) is 25.1 Å². The molecule has 0 aliphatic carbocycles. The normalized spacial score (nSPS) is 11.0. The molecule has 0 fully saturated rings. The van der Waals surface area contributed by atoms with Crippen LogP contribution in [0.4, 0.5) is 4.39 Å². The maximum Gasteiger partial charge on any atom is 0.251 e. The van der Waals surface area contributed by atoms with Crippen molar-refractivity contribution in [1.82, 2.24) is 16.0 Å². The molecule has 0 aromatic heterocycles. The van der Waals surface area contributed by atoms with Crippen LogP contribution in [0.3, 0.4) is 0 Å². The van der Waals surface area contributed by atoms with Crippen LogP contribution in [-0.4, -0.2) is 45.7 Å². The zero-order valence-corrected chi connectivity index (χ0v) is 17.8. The lowest BCUT2D eigenvalue weighted by molar-refractivity contribution is 0.0954. The first-order valence-corrected chi connectivity index (χ1v) is 9.76. The number of guanidine groups is 1. The predicted molar refractivity (Wildman–Crippen MR) is 116 cm³/mol. The van der Waals surface area contributed by atoms with E-state index in [9.17, 15) is 9.18 Å². The van der Waals surface area contributed by atoms with Crippen molar-refractivity contribution in [1.29, 1.82) is 0 Å². The molecule has 30 heavy (non-hydrogen) atoms. The van der Waals surface area contributed by atoms with Crippen molar-refractivity contribution < 1.29 is 18.7 Å². The molecule has 1 amide bonds. The monoisotopic (exact) mass is 416 g/mol. The SMILES string of the molecule is CCNC(=NCc1ccc(OC)cc1OC)NCCNC(=O)c1ccc(C)c(F)c1. The Labute approximate surface area is 176 Å². The Bertz CT molecular complexity index is 887. The molecule has 0 aliphatic heterocycles. The Kier molecular flexibility index (Phi) is 8.93. The molecule has 2 aromatic rings. The van der Waals surface area contributed by atoms with Crippen LogP contribution in [0.15, 0.2) is 41.4 Å². The zero-order valence-electron chi connectivity index (χ0n) is 17.8. The number of amides is 1. The van der Waals surface area contributed by atoms with Gasteiger partial charge in [0.25, 0.3) is 5.91 Å². The molecule has 0 aliphatic rings. The van der Waals surface area contributed by atoms with E-state index in [2.05, 4.69) is 20.9 Å². The molecule has 2 aromatic carbocycles. The minimum absolute atomic E-state index is 0.297. The van der Waals surface area contributed by atoms with Gasteiger partial charge in [0.1, 0.15) is 17.3 Å². The number of benzene rings is 2. The van der Waals surface area contributed by atoms with Crippen molar-refractivity contribution in [2.45, 2.75) is 20.4 Å². The summed E-state index contributed by atoms with van der Waals surface area (Å²) >= 11 is 0. The van der Waals surface area contributed by atoms with Crippen LogP contribution >= 0.6 is 0 Å². The van der Waals surface area contributed by atoms with E-state index < -0.39 is 5.82 Å². The van der Waals surface area contributed by atoms with E-state index in [1.54, 1.807) is 33.3 Å². The van der Waals surface area contributed by atoms with E-state index in [-0.39, 0.29) is 5.91 Å². The van der Waals surface area contributed by atoms with Crippen molar-refractivity contribution in [2.75, 3.05) is 33.9 Å². The minimum atomic E-state index is -0.392. The second kappa shape index (κ2) is 11.6. The van der Waals surface area contributed by atoms with Crippen LogP contribution in [0.25, 0.3) is 0 Å². The van der Waals surface area contributed by atoms with Gasteiger partial charge in [-0.2, -0.15) is 0 Å². The van der Waals surface area contributed by atoms with Crippen molar-refractivity contribution in [3.8, 4) is 11.5 Å². The lowest BCUT2D eigenvalue weighted by Crippen LogP contribution is -2.41. The second-order valence-electron chi connectivity index (χ2n) is 6.52. The fourth-order valence-corrected chi connectivity index (χ4v) is 2.68. The summed E-state index contributed by atoms with van der Waals surface area (Å²) in [5.41, 5.74) is 1.73. The predicted octanol–water partition coefficient (Wildman–Crippen LogP) is 2.64. The molecule has 0 unspecified atom stereocenters. The smallest absolute Gasteiger partial charge is 0.251 e. The average Bonchev–Trinajstić information content (AvgIpc) is 2.76. The highest BCUT2D eigenvalue weighted by Crippen LogP contribution is 2.25. The molecule has 3 N–H and O–H groups in total. The molecule has 2 rings (SSSR count). The van der Waals surface area contributed by atoms with Gasteiger partial charge in [-0.3, -0.25) is 4.79 Å². The van der Waals surface area contributed by atoms with Gasteiger partial charge in [0, 0.05) is 36.8 Å². The van der Waals surface area contributed by atoms with Gasteiger partial charge in [0.15, 0.2) is 5.96 Å². The first-order chi connectivity index (χ1) is 14.5. The summed E-state index contributed by atoms with van der Waals surface area (Å²) in [6, 6.07) is 10.0. The summed E-state index contributed by atoms with van der Waals surface area (Å²) in [7, 11) is 3.21. The lowest BCUT2D eigenvalue weighted by Gasteiger charge is -2.13. The Balaban J connectivity index is 1.89. The molecule has 0 atom stereocenters. The van der Waals surface area contributed by atoms with Gasteiger partial charge in [-0.1, -0.05) is 6.07 Å². The van der Waals surface area contributed by atoms with Gasteiger partial charge < -0.3 is 25.4 Å². The Hall–Kier alpha value is -3.29. The maximum atomic E-state index is 13.6. The third-order valence-corrected chi connectivity index (χ3v) is 4.38. The summed E-state index contributed by atoms with van der Waals surface area (Å²) in [6.07, 6.45) is 0. The van der Waals surface area contributed by atoms with E-state index >= 15 is 0 Å². The molecule has 162 valence electrons. The molecule has 0 radical (unpaired) electrons. The third kappa shape index (κ3) is 6.65. The van der Waals surface area contributed by atoms with Crippen LogP contribution in [0.1, 0.15) is 28.4 Å². The third-order valence-electron chi connectivity index (χ3n) is 4.38. The van der Waals surface area contributed by atoms with Crippen molar-refractivity contribution in [3.63, 3.8) is 0 Å². The highest BCUT2D eigenvalue weighted by molar-refractivity contribution is 5.94. The lowest BCUT2D eigenvalue weighted by atomic mass is 10.1. The van der Waals surface area contributed by atoms with Gasteiger partial charge in [0.2, 0.25) is 0 Å². The average molecular weight is 416 g/mol. The van der Waals surface area contributed by atoms with Crippen molar-refractivity contribution >= 4 is 11.9 Å². The van der Waals surface area contributed by atoms with Gasteiger partial charge in [-0.05, 0) is 43.7 Å². The van der Waals surface area contributed by atoms with Crippen LogP contribution in [0, 0.1) is 12.7 Å². The number of nitrogens with one attached hydrogen (secondary N) is 3. The van der Waals surface area contributed by atoms with Gasteiger partial charge in [-0.15, -0.1) is 0 Å². The molecule has 0 spiro atoms. The summed E-state index contributed by atoms with van der Waals surface area (Å²) < 4.78 is 24.2. The minimum Gasteiger partial charge on any atom is -0.497 e. The first kappa shape index (κ1) is 23.0. The fraction of sp³-hybridized carbons (Fsp3) is 0.364. The van der Waals surface area contributed by atoms with Crippen molar-refractivity contribution in [3.05, 3.63) is 58.9 Å². The van der Waals surface area contributed by atoms with Gasteiger partial charge in [-0.25, -0.2) is 9.38 Å². The number of aryl methyl sites for hydroxylation is 1. The summed E-state index contributed by atoms with van der Waals surface area (Å²) in [5.74, 6) is 1.32. The number of ether oxygens (including phenoxy) is 2. The fourth-order valence-electron chi connectivity index (χ4n) is 2.68. The standard InChI is InChI=1S/C22H29FN4O3/c1-5-24-22(27-14-17-8-9-18(29-3)13-20(17)30-4)26-11-10-25-21(28)16-7-6-15(2)19(23)12-16/h6-9,12-13H,5,10-11,14H2,1-4H3,(H,25,28)(H2,24,26,27). The van der Waals surface area contributed by atoms with E-state index in [0.29, 0.717) is 54.8 Å². The summed E-state index contributed by atoms with van der Waals surface area (Å²) in [5, 5.41) is 9.08. The molecular weight excluding hydrogens is 387 g/mol. The number of nitrogens with zero attached hydrogens (tertiary/aromatic N) is 1. The maximum absolute atomic E-state index is 13.6. The Morgan fingerprint density at radius 2 is 1.80 bits per heavy atom. The first-order valence-electron chi connectivity index (χ1n) is 9.76. The Morgan fingerprint density at radius 3 is 2.47 bits per heavy atom. The number of carbonyl (C=O) groups excluding carboxylic acids is 1. The molecule has 8 heteroatoms. The van der Waals surface area contributed by atoms with E-state index in [0.717, 1.165) is 5.56 Å². The second-order valence-corrected chi connectivity index (χ2v) is 6.52. The highest BCUT2D eigenvalue weighted by atomic mass is 19.1. The number of hydrogen-bond acceptors (Lipinski definition) is 4. The summed E-state index contributed by atoms with van der Waals surface area (Å²) in [4.78, 5) is 16.7. The van der Waals surface area contributed by atoms with Crippen LogP contribution in [-0.2, 0) is 6.54 Å². The molecule has 0 saturated heterocycles. The quantitative estimate of drug-likeness (QED) is 0.333. The number of halogens is 1. The molecule has 0 bridgehead atoms. The summed E-state index contributed by atoms with van der Waals surface area (Å²) in [6.45, 7) is 5.57. The van der Waals surface area contributed by atoms with Crippen LogP contribution in [0.5, 0.6) is 11.5 Å². The number of hydrogen-bond donors (Lipinski definition) is 3. The van der Waals surface area contributed by atoms with Gasteiger partial charge >= 0.3 is 0 Å². The van der Waals surface area contributed by atoms with E-state index in [1.165, 1.54) is 6.07 Å². The largest absolute Gasteiger partial charge is 0.497 e. The number of methoxy groups -OCH3 is 2. The topological polar surface area (TPSA) is 84.0 Å². The molecular formula is C22H29FN4O3. The highest BCUT2D eigenvalue weighted by Gasteiger charge is 2.08. The molecule has 0 saturated carbocycles. The van der Waals surface area contributed by atoms with E-state index in [4.69, 9.17) is 9.47 Å². The van der Waals surface area contributed by atoms with Crippen molar-refractivity contribution in [2.24, 2.45) is 4.99 Å². The molecule has 0 heterocycles. The number of aliphatic imine (C=N–C) groups is 1. The van der Waals surface area contributed by atoms with Gasteiger partial charge in [0.05, 0.1) is 20.8 Å².